The van der Waals surface area contributed by atoms with Gasteiger partial charge in [-0.1, -0.05) is 25.2 Å². The first-order valence-electron chi connectivity index (χ1n) is 6.94. The van der Waals surface area contributed by atoms with Crippen molar-refractivity contribution in [1.29, 1.82) is 0 Å². The monoisotopic (exact) mass is 309 g/mol. The van der Waals surface area contributed by atoms with Crippen molar-refractivity contribution in [2.45, 2.75) is 24.3 Å². The lowest BCUT2D eigenvalue weighted by Gasteiger charge is -2.36. The first-order chi connectivity index (χ1) is 9.52. The molecule has 5 heteroatoms. The zero-order valence-electron chi connectivity index (χ0n) is 12.3. The van der Waals surface area contributed by atoms with E-state index in [2.05, 4.69) is 48.6 Å². The molecule has 1 aromatic carbocycles. The molecule has 0 saturated carbocycles. The van der Waals surface area contributed by atoms with Gasteiger partial charge in [-0.05, 0) is 44.3 Å². The third-order valence-electron chi connectivity index (χ3n) is 3.94. The van der Waals surface area contributed by atoms with Crippen LogP contribution < -0.4 is 11.1 Å². The van der Waals surface area contributed by atoms with Gasteiger partial charge in [-0.25, -0.2) is 0 Å². The molecule has 0 radical (unpaired) electrons. The highest BCUT2D eigenvalue weighted by Gasteiger charge is 2.25. The third kappa shape index (κ3) is 3.45. The average Bonchev–Trinajstić information content (AvgIpc) is 2.41. The number of thiocarbonyl (C=S) groups is 1. The largest absolute Gasteiger partial charge is 0.389 e. The van der Waals surface area contributed by atoms with Crippen LogP contribution in [0.3, 0.4) is 0 Å². The Kier molecular flexibility index (Phi) is 5.29. The van der Waals surface area contributed by atoms with E-state index in [0.29, 0.717) is 16.9 Å². The van der Waals surface area contributed by atoms with Crippen molar-refractivity contribution >= 4 is 34.7 Å². The highest BCUT2D eigenvalue weighted by molar-refractivity contribution is 7.98. The Hall–Kier alpha value is -0.780. The first kappa shape index (κ1) is 15.6. The van der Waals surface area contributed by atoms with Gasteiger partial charge in [0.25, 0.3) is 0 Å². The minimum Gasteiger partial charge on any atom is -0.389 e. The Balaban J connectivity index is 2.23. The third-order valence-corrected chi connectivity index (χ3v) is 4.93. The number of nitrogens with two attached hydrogens (primary N) is 1. The summed E-state index contributed by atoms with van der Waals surface area (Å²) < 4.78 is 0. The van der Waals surface area contributed by atoms with Crippen LogP contribution >= 0.6 is 24.0 Å². The topological polar surface area (TPSA) is 41.3 Å². The minimum atomic E-state index is 0.470. The van der Waals surface area contributed by atoms with Crippen molar-refractivity contribution in [3.8, 4) is 0 Å². The number of hydrogen-bond acceptors (Lipinski definition) is 4. The second-order valence-electron chi connectivity index (χ2n) is 5.53. The predicted octanol–water partition coefficient (Wildman–Crippen LogP) is 2.79. The fraction of sp³-hybridized carbons (Fsp3) is 0.533. The van der Waals surface area contributed by atoms with Crippen molar-refractivity contribution in [2.24, 2.45) is 11.7 Å². The van der Waals surface area contributed by atoms with Gasteiger partial charge in [0.15, 0.2) is 0 Å². The van der Waals surface area contributed by atoms with Gasteiger partial charge in [0.1, 0.15) is 4.99 Å². The Bertz CT molecular complexity index is 490. The number of benzene rings is 1. The Labute approximate surface area is 131 Å². The average molecular weight is 310 g/mol. The van der Waals surface area contributed by atoms with Crippen LogP contribution in [0.5, 0.6) is 0 Å². The Morgan fingerprint density at radius 1 is 1.50 bits per heavy atom. The summed E-state index contributed by atoms with van der Waals surface area (Å²) in [5.74, 6) is 0.617. The van der Waals surface area contributed by atoms with Crippen LogP contribution in [0.1, 0.15) is 18.9 Å². The van der Waals surface area contributed by atoms with Crippen LogP contribution in [0, 0.1) is 5.92 Å². The van der Waals surface area contributed by atoms with Gasteiger partial charge in [0, 0.05) is 28.7 Å². The van der Waals surface area contributed by atoms with Crippen molar-refractivity contribution in [2.75, 3.05) is 31.7 Å². The quantitative estimate of drug-likeness (QED) is 0.661. The lowest BCUT2D eigenvalue weighted by atomic mass is 9.93. The zero-order chi connectivity index (χ0) is 14.7. The lowest BCUT2D eigenvalue weighted by Crippen LogP contribution is -2.43. The Morgan fingerprint density at radius 2 is 2.25 bits per heavy atom. The number of hydrogen-bond donors (Lipinski definition) is 2. The van der Waals surface area contributed by atoms with E-state index in [0.717, 1.165) is 35.7 Å². The standard InChI is InChI=1S/C15H23N3S2/c1-10-9-18(2)8-7-11(10)17-12-5-4-6-13(20-3)14(12)15(16)19/h4-6,10-11,17H,7-9H2,1-3H3,(H2,16,19). The van der Waals surface area contributed by atoms with E-state index in [4.69, 9.17) is 18.0 Å². The van der Waals surface area contributed by atoms with Crippen LogP contribution in [0.15, 0.2) is 23.1 Å². The summed E-state index contributed by atoms with van der Waals surface area (Å²) in [6, 6.07) is 6.70. The van der Waals surface area contributed by atoms with E-state index >= 15 is 0 Å². The normalized spacial score (nSPS) is 23.6. The highest BCUT2D eigenvalue weighted by Crippen LogP contribution is 2.29. The summed E-state index contributed by atoms with van der Waals surface area (Å²) in [5.41, 5.74) is 7.98. The van der Waals surface area contributed by atoms with Crippen LogP contribution in [0.25, 0.3) is 0 Å². The molecule has 0 amide bonds. The maximum Gasteiger partial charge on any atom is 0.107 e. The summed E-state index contributed by atoms with van der Waals surface area (Å²) in [4.78, 5) is 4.00. The fourth-order valence-electron chi connectivity index (χ4n) is 2.84. The summed E-state index contributed by atoms with van der Waals surface area (Å²) in [6.45, 7) is 4.56. The molecule has 0 aliphatic carbocycles. The van der Waals surface area contributed by atoms with Gasteiger partial charge >= 0.3 is 0 Å². The van der Waals surface area contributed by atoms with Gasteiger partial charge in [-0.2, -0.15) is 0 Å². The van der Waals surface area contributed by atoms with Crippen LogP contribution in [-0.4, -0.2) is 42.3 Å². The molecule has 1 saturated heterocycles. The van der Waals surface area contributed by atoms with E-state index in [1.807, 2.05) is 0 Å². The number of rotatable bonds is 4. The molecule has 2 rings (SSSR count). The lowest BCUT2D eigenvalue weighted by molar-refractivity contribution is 0.206. The summed E-state index contributed by atoms with van der Waals surface area (Å²) >= 11 is 6.92. The number of piperidine rings is 1. The molecule has 2 unspecified atom stereocenters. The molecule has 0 spiro atoms. The summed E-state index contributed by atoms with van der Waals surface area (Å²) in [7, 11) is 2.18. The maximum atomic E-state index is 5.92. The molecule has 2 atom stereocenters. The summed E-state index contributed by atoms with van der Waals surface area (Å²) in [6.07, 6.45) is 3.21. The van der Waals surface area contributed by atoms with E-state index in [-0.39, 0.29) is 0 Å². The number of nitrogens with one attached hydrogen (secondary N) is 1. The second kappa shape index (κ2) is 6.78. The Morgan fingerprint density at radius 3 is 2.85 bits per heavy atom. The van der Waals surface area contributed by atoms with Crippen LogP contribution in [0.4, 0.5) is 5.69 Å². The molecule has 1 aromatic rings. The van der Waals surface area contributed by atoms with E-state index in [1.165, 1.54) is 0 Å². The van der Waals surface area contributed by atoms with Gasteiger partial charge in [0.05, 0.1) is 0 Å². The molecule has 0 aromatic heterocycles. The molecular formula is C15H23N3S2. The minimum absolute atomic E-state index is 0.470. The molecule has 3 nitrogen and oxygen atoms in total. The highest BCUT2D eigenvalue weighted by atomic mass is 32.2. The first-order valence-corrected chi connectivity index (χ1v) is 8.58. The van der Waals surface area contributed by atoms with Crippen molar-refractivity contribution in [3.05, 3.63) is 23.8 Å². The molecule has 1 heterocycles. The fourth-order valence-corrected chi connectivity index (χ4v) is 3.77. The molecule has 110 valence electrons. The molecule has 1 aliphatic rings. The van der Waals surface area contributed by atoms with E-state index in [9.17, 15) is 0 Å². The molecule has 0 bridgehead atoms. The van der Waals surface area contributed by atoms with Crippen molar-refractivity contribution in [1.82, 2.24) is 4.90 Å². The van der Waals surface area contributed by atoms with E-state index in [1.54, 1.807) is 11.8 Å². The predicted molar refractivity (Wildman–Crippen MR) is 92.8 cm³/mol. The SMILES string of the molecule is CSc1cccc(NC2CCN(C)CC2C)c1C(N)=S. The number of anilines is 1. The molecular weight excluding hydrogens is 286 g/mol. The maximum absolute atomic E-state index is 5.92. The van der Waals surface area contributed by atoms with Crippen LogP contribution in [0.2, 0.25) is 0 Å². The number of likely N-dealkylation sites (tertiary alicyclic amines) is 1. The van der Waals surface area contributed by atoms with Gasteiger partial charge < -0.3 is 16.0 Å². The second-order valence-corrected chi connectivity index (χ2v) is 6.81. The number of thioether (sulfide) groups is 1. The number of nitrogens with zero attached hydrogens (tertiary/aromatic N) is 1. The smallest absolute Gasteiger partial charge is 0.107 e. The van der Waals surface area contributed by atoms with Crippen molar-refractivity contribution < 1.29 is 0 Å². The molecule has 20 heavy (non-hydrogen) atoms. The van der Waals surface area contributed by atoms with Gasteiger partial charge in [-0.3, -0.25) is 0 Å². The molecule has 1 aliphatic heterocycles. The van der Waals surface area contributed by atoms with E-state index < -0.39 is 0 Å². The van der Waals surface area contributed by atoms with Crippen LogP contribution in [-0.2, 0) is 0 Å². The van der Waals surface area contributed by atoms with Gasteiger partial charge in [0.2, 0.25) is 0 Å². The summed E-state index contributed by atoms with van der Waals surface area (Å²) in [5, 5.41) is 3.67. The molecule has 3 N–H and O–H groups in total. The van der Waals surface area contributed by atoms with Crippen molar-refractivity contribution in [3.63, 3.8) is 0 Å². The molecule has 1 fully saturated rings. The van der Waals surface area contributed by atoms with Gasteiger partial charge in [-0.15, -0.1) is 11.8 Å². The zero-order valence-corrected chi connectivity index (χ0v) is 14.0.